The van der Waals surface area contributed by atoms with E-state index in [4.69, 9.17) is 0 Å². The summed E-state index contributed by atoms with van der Waals surface area (Å²) in [4.78, 5) is 26.3. The summed E-state index contributed by atoms with van der Waals surface area (Å²) < 4.78 is 1.32. The summed E-state index contributed by atoms with van der Waals surface area (Å²) in [5.74, 6) is 0.952. The molecule has 1 N–H and O–H groups in total. The van der Waals surface area contributed by atoms with Gasteiger partial charge in [-0.3, -0.25) is 9.59 Å². The molecular formula is C21H28N4O2. The van der Waals surface area contributed by atoms with Crippen LogP contribution in [0.1, 0.15) is 36.2 Å². The molecule has 1 aromatic heterocycles. The van der Waals surface area contributed by atoms with Gasteiger partial charge >= 0.3 is 0 Å². The molecule has 0 spiro atoms. The predicted octanol–water partition coefficient (Wildman–Crippen LogP) is 2.24. The maximum Gasteiger partial charge on any atom is 0.268 e. The molecule has 0 saturated carbocycles. The molecule has 3 rings (SSSR count). The zero-order valence-electron chi connectivity index (χ0n) is 16.3. The lowest BCUT2D eigenvalue weighted by atomic mass is 10.0. The van der Waals surface area contributed by atoms with E-state index in [2.05, 4.69) is 29.2 Å². The molecule has 1 aliphatic heterocycles. The molecule has 27 heavy (non-hydrogen) atoms. The summed E-state index contributed by atoms with van der Waals surface area (Å²) in [5.41, 5.74) is 2.71. The summed E-state index contributed by atoms with van der Waals surface area (Å²) in [6.07, 6.45) is 3.74. The lowest BCUT2D eigenvalue weighted by Crippen LogP contribution is -2.31. The van der Waals surface area contributed by atoms with Crippen molar-refractivity contribution < 1.29 is 4.79 Å². The van der Waals surface area contributed by atoms with Gasteiger partial charge in [-0.2, -0.15) is 5.10 Å². The largest absolute Gasteiger partial charge is 0.370 e. The van der Waals surface area contributed by atoms with Gasteiger partial charge in [0.15, 0.2) is 0 Å². The van der Waals surface area contributed by atoms with E-state index in [1.807, 2.05) is 24.3 Å². The maximum absolute atomic E-state index is 12.4. The molecule has 1 amide bonds. The molecule has 144 valence electrons. The Bertz CT molecular complexity index is 842. The zero-order chi connectivity index (χ0) is 19.4. The number of aryl methyl sites for hydroxylation is 1. The van der Waals surface area contributed by atoms with Crippen LogP contribution in [0, 0.1) is 11.8 Å². The number of carbonyl (C=O) groups is 1. The number of nitrogens with zero attached hydrogens (tertiary/aromatic N) is 3. The first kappa shape index (κ1) is 19.1. The standard InChI is InChI=1S/C21H28N4O2/c1-15(2)10-16-4-6-18(7-5-16)21(27)22-12-17-8-9-25(14-17)19-11-20(26)24(3)23-13-19/h4-7,11,13,15,17H,8-10,12,14H2,1-3H3,(H,22,27)/t17-/m1/s1. The Labute approximate surface area is 160 Å². The van der Waals surface area contributed by atoms with Gasteiger partial charge in [0.2, 0.25) is 0 Å². The zero-order valence-corrected chi connectivity index (χ0v) is 16.3. The minimum atomic E-state index is -0.106. The van der Waals surface area contributed by atoms with Crippen molar-refractivity contribution in [1.82, 2.24) is 15.1 Å². The number of anilines is 1. The van der Waals surface area contributed by atoms with Gasteiger partial charge in [0.25, 0.3) is 11.5 Å². The number of carbonyl (C=O) groups excluding carboxylic acids is 1. The van der Waals surface area contributed by atoms with Crippen LogP contribution in [0.2, 0.25) is 0 Å². The second-order valence-corrected chi connectivity index (χ2v) is 7.78. The fourth-order valence-corrected chi connectivity index (χ4v) is 3.47. The molecule has 1 aromatic carbocycles. The first-order chi connectivity index (χ1) is 12.9. The van der Waals surface area contributed by atoms with E-state index in [1.165, 1.54) is 10.2 Å². The van der Waals surface area contributed by atoms with Gasteiger partial charge in [0, 0.05) is 38.3 Å². The Morgan fingerprint density at radius 3 is 2.70 bits per heavy atom. The number of benzene rings is 1. The van der Waals surface area contributed by atoms with Crippen molar-refractivity contribution in [1.29, 1.82) is 0 Å². The Morgan fingerprint density at radius 1 is 1.30 bits per heavy atom. The van der Waals surface area contributed by atoms with Crippen LogP contribution in [-0.2, 0) is 13.5 Å². The normalized spacial score (nSPS) is 16.7. The summed E-state index contributed by atoms with van der Waals surface area (Å²) in [5, 5.41) is 7.13. The third kappa shape index (κ3) is 4.96. The number of amides is 1. The Balaban J connectivity index is 1.51. The van der Waals surface area contributed by atoms with Gasteiger partial charge in [-0.15, -0.1) is 0 Å². The Morgan fingerprint density at radius 2 is 2.04 bits per heavy atom. The van der Waals surface area contributed by atoms with Gasteiger partial charge in [-0.05, 0) is 42.4 Å². The number of aromatic nitrogens is 2. The third-order valence-corrected chi connectivity index (χ3v) is 5.02. The molecule has 0 bridgehead atoms. The first-order valence-electron chi connectivity index (χ1n) is 9.58. The van der Waals surface area contributed by atoms with Gasteiger partial charge in [0.1, 0.15) is 0 Å². The fraction of sp³-hybridized carbons (Fsp3) is 0.476. The van der Waals surface area contributed by atoms with Crippen LogP contribution in [-0.4, -0.2) is 35.3 Å². The van der Waals surface area contributed by atoms with Crippen LogP contribution >= 0.6 is 0 Å². The maximum atomic E-state index is 12.4. The number of hydrogen-bond donors (Lipinski definition) is 1. The molecule has 1 atom stereocenters. The number of hydrogen-bond acceptors (Lipinski definition) is 4. The fourth-order valence-electron chi connectivity index (χ4n) is 3.47. The Kier molecular flexibility index (Phi) is 5.94. The second-order valence-electron chi connectivity index (χ2n) is 7.78. The van der Waals surface area contributed by atoms with Gasteiger partial charge in [0.05, 0.1) is 11.9 Å². The van der Waals surface area contributed by atoms with Gasteiger partial charge in [-0.1, -0.05) is 26.0 Å². The average molecular weight is 368 g/mol. The highest BCUT2D eigenvalue weighted by Gasteiger charge is 2.23. The first-order valence-corrected chi connectivity index (χ1v) is 9.58. The van der Waals surface area contributed by atoms with Crippen LogP contribution in [0.5, 0.6) is 0 Å². The Hall–Kier alpha value is -2.63. The highest BCUT2D eigenvalue weighted by molar-refractivity contribution is 5.94. The van der Waals surface area contributed by atoms with E-state index in [-0.39, 0.29) is 11.5 Å². The van der Waals surface area contributed by atoms with Crippen molar-refractivity contribution in [3.8, 4) is 0 Å². The second kappa shape index (κ2) is 8.37. The van der Waals surface area contributed by atoms with Crippen molar-refractivity contribution in [3.63, 3.8) is 0 Å². The molecule has 2 heterocycles. The van der Waals surface area contributed by atoms with Crippen LogP contribution in [0.25, 0.3) is 0 Å². The smallest absolute Gasteiger partial charge is 0.268 e. The van der Waals surface area contributed by atoms with Crippen molar-refractivity contribution in [3.05, 3.63) is 58.0 Å². The minimum absolute atomic E-state index is 0.0280. The molecule has 0 radical (unpaired) electrons. The van der Waals surface area contributed by atoms with Gasteiger partial charge in [-0.25, -0.2) is 4.68 Å². The van der Waals surface area contributed by atoms with E-state index in [1.54, 1.807) is 19.3 Å². The van der Waals surface area contributed by atoms with E-state index < -0.39 is 0 Å². The quantitative estimate of drug-likeness (QED) is 0.849. The van der Waals surface area contributed by atoms with E-state index in [0.717, 1.165) is 31.6 Å². The molecule has 2 aromatic rings. The predicted molar refractivity (Wildman–Crippen MR) is 107 cm³/mol. The molecule has 6 heteroatoms. The van der Waals surface area contributed by atoms with Crippen LogP contribution in [0.3, 0.4) is 0 Å². The van der Waals surface area contributed by atoms with Gasteiger partial charge < -0.3 is 10.2 Å². The summed E-state index contributed by atoms with van der Waals surface area (Å²) in [6, 6.07) is 9.50. The SMILES string of the molecule is CC(C)Cc1ccc(C(=O)NC[C@H]2CCN(c3cnn(C)c(=O)c3)C2)cc1. The summed E-state index contributed by atoms with van der Waals surface area (Å²) in [7, 11) is 1.64. The van der Waals surface area contributed by atoms with Crippen LogP contribution in [0.4, 0.5) is 5.69 Å². The number of rotatable bonds is 6. The molecule has 0 aliphatic carbocycles. The van der Waals surface area contributed by atoms with Crippen molar-refractivity contribution in [2.24, 2.45) is 18.9 Å². The molecule has 1 fully saturated rings. The highest BCUT2D eigenvalue weighted by atomic mass is 16.1. The van der Waals surface area contributed by atoms with Crippen molar-refractivity contribution in [2.75, 3.05) is 24.5 Å². The van der Waals surface area contributed by atoms with E-state index in [0.29, 0.717) is 23.9 Å². The van der Waals surface area contributed by atoms with Crippen LogP contribution < -0.4 is 15.8 Å². The molecule has 0 unspecified atom stereocenters. The monoisotopic (exact) mass is 368 g/mol. The minimum Gasteiger partial charge on any atom is -0.370 e. The van der Waals surface area contributed by atoms with Crippen molar-refractivity contribution in [2.45, 2.75) is 26.7 Å². The lowest BCUT2D eigenvalue weighted by molar-refractivity contribution is 0.0948. The highest BCUT2D eigenvalue weighted by Crippen LogP contribution is 2.21. The third-order valence-electron chi connectivity index (χ3n) is 5.02. The number of nitrogens with one attached hydrogen (secondary N) is 1. The lowest BCUT2D eigenvalue weighted by Gasteiger charge is -2.18. The molecule has 6 nitrogen and oxygen atoms in total. The molecule has 1 saturated heterocycles. The molecular weight excluding hydrogens is 340 g/mol. The average Bonchev–Trinajstić information content (AvgIpc) is 3.11. The molecule has 1 aliphatic rings. The summed E-state index contributed by atoms with van der Waals surface area (Å²) >= 11 is 0. The summed E-state index contributed by atoms with van der Waals surface area (Å²) in [6.45, 7) is 6.72. The van der Waals surface area contributed by atoms with Crippen LogP contribution in [0.15, 0.2) is 41.3 Å². The topological polar surface area (TPSA) is 67.2 Å². The van der Waals surface area contributed by atoms with Crippen molar-refractivity contribution >= 4 is 11.6 Å². The van der Waals surface area contributed by atoms with E-state index in [9.17, 15) is 9.59 Å². The van der Waals surface area contributed by atoms with E-state index >= 15 is 0 Å².